The molecule has 250 valence electrons. The molecule has 2 aliphatic heterocycles. The Labute approximate surface area is 295 Å². The predicted molar refractivity (Wildman–Crippen MR) is 194 cm³/mol. The molecule has 1 aliphatic carbocycles. The van der Waals surface area contributed by atoms with E-state index in [9.17, 15) is 10.4 Å². The van der Waals surface area contributed by atoms with Gasteiger partial charge in [-0.15, -0.1) is 11.3 Å². The summed E-state index contributed by atoms with van der Waals surface area (Å²) >= 11 is 1.50. The summed E-state index contributed by atoms with van der Waals surface area (Å²) in [7, 11) is 21.2. The summed E-state index contributed by atoms with van der Waals surface area (Å²) in [5, 5.41) is 29.6. The van der Waals surface area contributed by atoms with Gasteiger partial charge in [0.15, 0.2) is 17.2 Å². The van der Waals surface area contributed by atoms with Gasteiger partial charge < -0.3 is 25.2 Å². The maximum absolute atomic E-state index is 10.6. The van der Waals surface area contributed by atoms with Crippen LogP contribution < -0.4 is 10.6 Å². The highest BCUT2D eigenvalue weighted by Crippen LogP contribution is 2.47. The third kappa shape index (κ3) is 5.97. The van der Waals surface area contributed by atoms with Gasteiger partial charge in [-0.2, -0.15) is 10.4 Å². The Bertz CT molecular complexity index is 1900. The fraction of sp³-hybridized carbons (Fsp3) is 0.618. The first-order valence-corrected chi connectivity index (χ1v) is 18.4. The summed E-state index contributed by atoms with van der Waals surface area (Å²) in [6.07, 6.45) is 8.51. The van der Waals surface area contributed by atoms with Crippen LogP contribution in [0.2, 0.25) is 0 Å². The number of piperidine rings is 1. The molecule has 4 aromatic rings. The molecule has 11 nitrogen and oxygen atoms in total. The van der Waals surface area contributed by atoms with E-state index in [0.717, 1.165) is 99.2 Å². The average molecular weight is 673 g/mol. The standard InChI is InChI=1S/C34H42B3N9O2S/c1-4-8-23-24(22(15-38)29(39)49-23)20-11-5-12-21-26(43-48-27(20)21)30-40-31(45-14-6-9-18(2)16-45)25-28(34(36,37)33(35)47)42-46(32(25)41-30)17-19-10-7-13-44(19)3/h18-20,33,47H,4-14,16-17,39H2,1-3H3. The van der Waals surface area contributed by atoms with E-state index in [1.807, 2.05) is 4.68 Å². The van der Waals surface area contributed by atoms with Crippen molar-refractivity contribution in [3.63, 3.8) is 0 Å². The SMILES string of the molecule is [B]C(O)C([B])([B])c1nn(CC2CCCN2C)c2nc(-c3noc4c3CCCC4c3c(CCC)sc(N)c3C#N)nc(N3CCCC(C)C3)c12. The molecule has 49 heavy (non-hydrogen) atoms. The highest BCUT2D eigenvalue weighted by atomic mass is 32.1. The van der Waals surface area contributed by atoms with E-state index >= 15 is 0 Å². The Morgan fingerprint density at radius 2 is 1.98 bits per heavy atom. The number of hydrogen-bond acceptors (Lipinski definition) is 11. The maximum atomic E-state index is 10.6. The second kappa shape index (κ2) is 13.4. The first-order valence-electron chi connectivity index (χ1n) is 17.6. The van der Waals surface area contributed by atoms with Gasteiger partial charge in [0.05, 0.1) is 38.9 Å². The van der Waals surface area contributed by atoms with E-state index in [1.165, 1.54) is 11.3 Å². The zero-order valence-electron chi connectivity index (χ0n) is 28.7. The van der Waals surface area contributed by atoms with Crippen molar-refractivity contribution in [3.8, 4) is 17.6 Å². The number of aliphatic hydroxyl groups is 1. The van der Waals surface area contributed by atoms with Crippen molar-refractivity contribution in [2.24, 2.45) is 5.92 Å². The molecule has 4 atom stereocenters. The number of hydrogen-bond donors (Lipinski definition) is 2. The van der Waals surface area contributed by atoms with E-state index in [4.69, 9.17) is 48.9 Å². The van der Waals surface area contributed by atoms with Gasteiger partial charge in [-0.1, -0.05) is 25.4 Å². The Kier molecular flexibility index (Phi) is 9.35. The Morgan fingerprint density at radius 1 is 1.18 bits per heavy atom. The van der Waals surface area contributed by atoms with Crippen LogP contribution in [0.4, 0.5) is 10.8 Å². The molecule has 3 N–H and O–H groups in total. The summed E-state index contributed by atoms with van der Waals surface area (Å²) in [6, 6.07) is 1.05. The fourth-order valence-electron chi connectivity index (χ4n) is 8.06. The van der Waals surface area contributed by atoms with Crippen LogP contribution in [0, 0.1) is 17.2 Å². The molecule has 0 saturated carbocycles. The quantitative estimate of drug-likeness (QED) is 0.252. The molecular formula is C34H42B3N9O2S. The van der Waals surface area contributed by atoms with E-state index in [-0.39, 0.29) is 17.7 Å². The van der Waals surface area contributed by atoms with Crippen LogP contribution >= 0.6 is 11.3 Å². The van der Waals surface area contributed by atoms with Gasteiger partial charge >= 0.3 is 0 Å². The lowest BCUT2D eigenvalue weighted by Gasteiger charge is -2.34. The van der Waals surface area contributed by atoms with Crippen LogP contribution in [-0.4, -0.2) is 97.2 Å². The topological polar surface area (TPSA) is 146 Å². The molecule has 3 aliphatic rings. The third-order valence-electron chi connectivity index (χ3n) is 10.7. The Hall–Kier alpha value is -3.34. The van der Waals surface area contributed by atoms with Crippen molar-refractivity contribution in [1.82, 2.24) is 29.8 Å². The van der Waals surface area contributed by atoms with E-state index in [1.54, 1.807) is 0 Å². The molecule has 4 unspecified atom stereocenters. The molecule has 7 rings (SSSR count). The van der Waals surface area contributed by atoms with Gasteiger partial charge in [-0.25, -0.2) is 14.6 Å². The van der Waals surface area contributed by atoms with Gasteiger partial charge in [-0.3, -0.25) is 0 Å². The number of likely N-dealkylation sites (N-methyl/N-ethyl adjacent to an activating group) is 1. The summed E-state index contributed by atoms with van der Waals surface area (Å²) < 4.78 is 8.06. The Balaban J connectivity index is 1.43. The van der Waals surface area contributed by atoms with Crippen molar-refractivity contribution < 1.29 is 9.63 Å². The molecule has 2 fully saturated rings. The number of anilines is 2. The Morgan fingerprint density at radius 3 is 2.67 bits per heavy atom. The van der Waals surface area contributed by atoms with E-state index < -0.39 is 11.2 Å². The number of aryl methyl sites for hydroxylation is 1. The minimum atomic E-state index is -1.84. The molecule has 6 heterocycles. The average Bonchev–Trinajstić information content (AvgIpc) is 3.85. The molecular weight excluding hydrogens is 631 g/mol. The summed E-state index contributed by atoms with van der Waals surface area (Å²) in [4.78, 5) is 16.1. The number of nitrogen functional groups attached to an aromatic ring is 1. The lowest BCUT2D eigenvalue weighted by atomic mass is 9.46. The lowest BCUT2D eigenvalue weighted by Crippen LogP contribution is -2.42. The molecule has 6 radical (unpaired) electrons. The number of aliphatic hydroxyl groups excluding tert-OH is 1. The summed E-state index contributed by atoms with van der Waals surface area (Å²) in [5.74, 6) is 2.16. The van der Waals surface area contributed by atoms with Crippen LogP contribution in [0.15, 0.2) is 4.52 Å². The van der Waals surface area contributed by atoms with Crippen molar-refractivity contribution >= 4 is 56.7 Å². The second-order valence-corrected chi connectivity index (χ2v) is 15.4. The molecule has 4 aromatic heterocycles. The minimum Gasteiger partial charge on any atom is -0.403 e. The second-order valence-electron chi connectivity index (χ2n) is 14.3. The zero-order valence-corrected chi connectivity index (χ0v) is 29.5. The highest BCUT2D eigenvalue weighted by Gasteiger charge is 2.38. The zero-order chi connectivity index (χ0) is 34.6. The van der Waals surface area contributed by atoms with Crippen molar-refractivity contribution in [2.75, 3.05) is 37.3 Å². The van der Waals surface area contributed by atoms with Gasteiger partial charge in [0, 0.05) is 41.5 Å². The molecule has 0 amide bonds. The van der Waals surface area contributed by atoms with Crippen LogP contribution in [-0.2, 0) is 24.6 Å². The van der Waals surface area contributed by atoms with Crippen LogP contribution in [0.3, 0.4) is 0 Å². The minimum absolute atomic E-state index is 0.128. The summed E-state index contributed by atoms with van der Waals surface area (Å²) in [6.45, 7) is 7.50. The molecule has 0 aromatic carbocycles. The molecule has 15 heteroatoms. The largest absolute Gasteiger partial charge is 0.403 e. The molecule has 2 saturated heterocycles. The van der Waals surface area contributed by atoms with Crippen molar-refractivity contribution in [2.45, 2.75) is 101 Å². The van der Waals surface area contributed by atoms with Crippen LogP contribution in [0.1, 0.15) is 97.7 Å². The number of aromatic nitrogens is 5. The normalized spacial score (nSPS) is 22.4. The van der Waals surface area contributed by atoms with Gasteiger partial charge in [0.2, 0.25) is 0 Å². The smallest absolute Gasteiger partial charge is 0.186 e. The number of nitrogens with two attached hydrogens (primary N) is 1. The van der Waals surface area contributed by atoms with Gasteiger partial charge in [-0.05, 0) is 81.7 Å². The number of rotatable bonds is 9. The first kappa shape index (κ1) is 34.1. The van der Waals surface area contributed by atoms with E-state index in [2.05, 4.69) is 41.9 Å². The van der Waals surface area contributed by atoms with Gasteiger partial charge in [0.25, 0.3) is 0 Å². The first-order chi connectivity index (χ1) is 23.5. The van der Waals surface area contributed by atoms with E-state index in [0.29, 0.717) is 51.4 Å². The number of thiophene rings is 1. The fourth-order valence-corrected chi connectivity index (χ4v) is 9.24. The molecule has 0 spiro atoms. The van der Waals surface area contributed by atoms with Gasteiger partial charge in [0.1, 0.15) is 30.5 Å². The number of nitrogens with zero attached hydrogens (tertiary/aromatic N) is 8. The number of nitriles is 1. The van der Waals surface area contributed by atoms with Crippen LogP contribution in [0.25, 0.3) is 22.6 Å². The lowest BCUT2D eigenvalue weighted by molar-refractivity contribution is 0.233. The number of likely N-dealkylation sites (tertiary alicyclic amines) is 1. The number of fused-ring (bicyclic) bond motifs is 2. The summed E-state index contributed by atoms with van der Waals surface area (Å²) in [5.41, 5.74) is 10.3. The predicted octanol–water partition coefficient (Wildman–Crippen LogP) is 3.72. The molecule has 0 bridgehead atoms. The monoisotopic (exact) mass is 673 g/mol. The van der Waals surface area contributed by atoms with Crippen molar-refractivity contribution in [1.29, 1.82) is 5.26 Å². The maximum Gasteiger partial charge on any atom is 0.186 e. The third-order valence-corrected chi connectivity index (χ3v) is 11.8. The van der Waals surface area contributed by atoms with Crippen molar-refractivity contribution in [3.05, 3.63) is 33.0 Å². The van der Waals surface area contributed by atoms with Crippen LogP contribution in [0.5, 0.6) is 0 Å². The highest BCUT2D eigenvalue weighted by molar-refractivity contribution is 7.16.